The molecule has 0 spiro atoms. The van der Waals surface area contributed by atoms with Crippen LogP contribution in [-0.2, 0) is 6.54 Å². The molecule has 3 aliphatic rings. The maximum Gasteiger partial charge on any atom is 0.197 e. The summed E-state index contributed by atoms with van der Waals surface area (Å²) in [5.74, 6) is 0.786. The average Bonchev–Trinajstić information content (AvgIpc) is 3.20. The first-order chi connectivity index (χ1) is 13.7. The fraction of sp³-hybridized carbons (Fsp3) is 0.625. The van der Waals surface area contributed by atoms with Gasteiger partial charge in [-0.2, -0.15) is 0 Å². The lowest BCUT2D eigenvalue weighted by Crippen LogP contribution is -2.59. The molecular weight excluding hydrogens is 348 g/mol. The number of hydrogen-bond acceptors (Lipinski definition) is 4. The van der Waals surface area contributed by atoms with E-state index in [2.05, 4.69) is 9.80 Å². The average molecular weight is 381 g/mol. The van der Waals surface area contributed by atoms with Gasteiger partial charge in [-0.05, 0) is 57.2 Å². The summed E-state index contributed by atoms with van der Waals surface area (Å²) in [7, 11) is 0. The molecule has 0 unspecified atom stereocenters. The van der Waals surface area contributed by atoms with E-state index in [1.807, 2.05) is 25.1 Å². The van der Waals surface area contributed by atoms with E-state index in [-0.39, 0.29) is 5.43 Å². The van der Waals surface area contributed by atoms with Crippen LogP contribution >= 0.6 is 0 Å². The SMILES string of the molecule is Cc1ccc2occ(CN3CCN4CCC[C@H]4[C@@H]3C3CCCCC3)c(=O)c2c1. The van der Waals surface area contributed by atoms with Crippen LogP contribution in [0.3, 0.4) is 0 Å². The van der Waals surface area contributed by atoms with Crippen molar-refractivity contribution in [3.8, 4) is 0 Å². The summed E-state index contributed by atoms with van der Waals surface area (Å²) < 4.78 is 5.85. The molecule has 1 aliphatic carbocycles. The van der Waals surface area contributed by atoms with Crippen molar-refractivity contribution in [3.63, 3.8) is 0 Å². The standard InChI is InChI=1S/C24H32N2O2/c1-17-9-10-22-20(14-17)24(27)19(16-28-22)15-26-13-12-25-11-5-8-21(25)23(26)18-6-3-2-4-7-18/h9-10,14,16,18,21,23H,2-8,11-13,15H2,1H3/t21-,23-/m0/s1. The molecule has 1 aromatic carbocycles. The molecule has 2 saturated heterocycles. The molecule has 0 N–H and O–H groups in total. The normalized spacial score (nSPS) is 27.3. The highest BCUT2D eigenvalue weighted by Gasteiger charge is 2.43. The second-order valence-electron chi connectivity index (χ2n) is 9.19. The van der Waals surface area contributed by atoms with E-state index in [0.717, 1.165) is 42.1 Å². The Morgan fingerprint density at radius 3 is 2.75 bits per heavy atom. The van der Waals surface area contributed by atoms with Crippen LogP contribution in [-0.4, -0.2) is 41.5 Å². The molecule has 4 heteroatoms. The molecule has 0 radical (unpaired) electrons. The van der Waals surface area contributed by atoms with Crippen molar-refractivity contribution in [1.29, 1.82) is 0 Å². The Bertz CT molecular complexity index is 899. The quantitative estimate of drug-likeness (QED) is 0.794. The van der Waals surface area contributed by atoms with E-state index in [4.69, 9.17) is 4.42 Å². The maximum absolute atomic E-state index is 13.2. The minimum Gasteiger partial charge on any atom is -0.464 e. The van der Waals surface area contributed by atoms with E-state index in [1.165, 1.54) is 51.5 Å². The molecule has 28 heavy (non-hydrogen) atoms. The van der Waals surface area contributed by atoms with Gasteiger partial charge in [0.05, 0.1) is 11.6 Å². The Labute approximate surface area is 167 Å². The third kappa shape index (κ3) is 3.31. The van der Waals surface area contributed by atoms with Gasteiger partial charge in [-0.25, -0.2) is 0 Å². The van der Waals surface area contributed by atoms with Crippen LogP contribution in [0.2, 0.25) is 0 Å². The van der Waals surface area contributed by atoms with E-state index in [0.29, 0.717) is 17.7 Å². The van der Waals surface area contributed by atoms with E-state index < -0.39 is 0 Å². The summed E-state index contributed by atoms with van der Waals surface area (Å²) in [6.45, 7) is 6.25. The Balaban J connectivity index is 1.46. The maximum atomic E-state index is 13.2. The van der Waals surface area contributed by atoms with Gasteiger partial charge in [0.25, 0.3) is 0 Å². The largest absolute Gasteiger partial charge is 0.464 e. The molecule has 2 aliphatic heterocycles. The smallest absolute Gasteiger partial charge is 0.197 e. The van der Waals surface area contributed by atoms with Crippen molar-refractivity contribution in [1.82, 2.24) is 9.80 Å². The van der Waals surface area contributed by atoms with Gasteiger partial charge >= 0.3 is 0 Å². The number of aryl methyl sites for hydroxylation is 1. The lowest BCUT2D eigenvalue weighted by molar-refractivity contribution is -0.00416. The van der Waals surface area contributed by atoms with Crippen molar-refractivity contribution in [2.45, 2.75) is 70.5 Å². The van der Waals surface area contributed by atoms with Crippen LogP contribution in [0.1, 0.15) is 56.1 Å². The molecular formula is C24H32N2O2. The zero-order valence-corrected chi connectivity index (χ0v) is 17.0. The summed E-state index contributed by atoms with van der Waals surface area (Å²) in [5.41, 5.74) is 2.78. The Kier molecular flexibility index (Phi) is 5.02. The van der Waals surface area contributed by atoms with Crippen LogP contribution in [0.5, 0.6) is 0 Å². The number of hydrogen-bond donors (Lipinski definition) is 0. The summed E-state index contributed by atoms with van der Waals surface area (Å²) in [6.07, 6.45) is 11.2. The van der Waals surface area contributed by atoms with Crippen LogP contribution < -0.4 is 5.43 Å². The predicted octanol–water partition coefficient (Wildman–Crippen LogP) is 4.33. The van der Waals surface area contributed by atoms with Crippen molar-refractivity contribution >= 4 is 11.0 Å². The van der Waals surface area contributed by atoms with Gasteiger partial charge in [0.2, 0.25) is 0 Å². The molecule has 3 heterocycles. The summed E-state index contributed by atoms with van der Waals surface area (Å²) >= 11 is 0. The van der Waals surface area contributed by atoms with Crippen molar-refractivity contribution in [2.75, 3.05) is 19.6 Å². The molecule has 5 rings (SSSR count). The van der Waals surface area contributed by atoms with Gasteiger partial charge in [0.1, 0.15) is 5.58 Å². The molecule has 2 atom stereocenters. The number of piperazine rings is 1. The monoisotopic (exact) mass is 380 g/mol. The number of nitrogens with zero attached hydrogens (tertiary/aromatic N) is 2. The fourth-order valence-electron chi connectivity index (χ4n) is 6.05. The van der Waals surface area contributed by atoms with Crippen LogP contribution in [0.4, 0.5) is 0 Å². The van der Waals surface area contributed by atoms with Crippen molar-refractivity contribution in [2.24, 2.45) is 5.92 Å². The van der Waals surface area contributed by atoms with Crippen molar-refractivity contribution in [3.05, 3.63) is 45.8 Å². The third-order valence-electron chi connectivity index (χ3n) is 7.41. The topological polar surface area (TPSA) is 36.7 Å². The second kappa shape index (κ2) is 7.64. The minimum absolute atomic E-state index is 0.154. The van der Waals surface area contributed by atoms with Crippen molar-refractivity contribution < 1.29 is 4.42 Å². The number of fused-ring (bicyclic) bond motifs is 2. The Morgan fingerprint density at radius 2 is 1.89 bits per heavy atom. The minimum atomic E-state index is 0.154. The molecule has 0 bridgehead atoms. The van der Waals surface area contributed by atoms with Gasteiger partial charge in [-0.1, -0.05) is 30.9 Å². The van der Waals surface area contributed by atoms with E-state index >= 15 is 0 Å². The van der Waals surface area contributed by atoms with Gasteiger partial charge in [0, 0.05) is 37.3 Å². The highest BCUT2D eigenvalue weighted by atomic mass is 16.3. The first-order valence-corrected chi connectivity index (χ1v) is 11.2. The zero-order chi connectivity index (χ0) is 19.1. The summed E-state index contributed by atoms with van der Waals surface area (Å²) in [5, 5.41) is 0.728. The Hall–Kier alpha value is -1.65. The van der Waals surface area contributed by atoms with Gasteiger partial charge in [-0.15, -0.1) is 0 Å². The van der Waals surface area contributed by atoms with Crippen LogP contribution in [0, 0.1) is 12.8 Å². The molecule has 4 nitrogen and oxygen atoms in total. The van der Waals surface area contributed by atoms with Gasteiger partial charge < -0.3 is 4.42 Å². The van der Waals surface area contributed by atoms with Crippen LogP contribution in [0.25, 0.3) is 11.0 Å². The number of benzene rings is 1. The first kappa shape index (κ1) is 18.4. The lowest BCUT2D eigenvalue weighted by atomic mass is 9.78. The highest BCUT2D eigenvalue weighted by molar-refractivity contribution is 5.77. The predicted molar refractivity (Wildman–Crippen MR) is 113 cm³/mol. The van der Waals surface area contributed by atoms with E-state index in [1.54, 1.807) is 6.26 Å². The number of rotatable bonds is 3. The molecule has 0 amide bonds. The lowest BCUT2D eigenvalue weighted by Gasteiger charge is -2.49. The third-order valence-corrected chi connectivity index (χ3v) is 7.41. The molecule has 2 aromatic rings. The highest BCUT2D eigenvalue weighted by Crippen LogP contribution is 2.38. The fourth-order valence-corrected chi connectivity index (χ4v) is 6.05. The molecule has 1 saturated carbocycles. The second-order valence-corrected chi connectivity index (χ2v) is 9.19. The van der Waals surface area contributed by atoms with E-state index in [9.17, 15) is 4.79 Å². The zero-order valence-electron chi connectivity index (χ0n) is 17.0. The molecule has 150 valence electrons. The van der Waals surface area contributed by atoms with Gasteiger partial charge in [0.15, 0.2) is 5.43 Å². The summed E-state index contributed by atoms with van der Waals surface area (Å²) in [4.78, 5) is 18.5. The molecule has 1 aromatic heterocycles. The Morgan fingerprint density at radius 1 is 1.04 bits per heavy atom. The van der Waals surface area contributed by atoms with Crippen LogP contribution in [0.15, 0.2) is 33.7 Å². The first-order valence-electron chi connectivity index (χ1n) is 11.2. The summed E-state index contributed by atoms with van der Waals surface area (Å²) in [6, 6.07) is 7.18. The molecule has 3 fully saturated rings. The van der Waals surface area contributed by atoms with Gasteiger partial charge in [-0.3, -0.25) is 14.6 Å².